The van der Waals surface area contributed by atoms with Gasteiger partial charge in [-0.15, -0.1) is 0 Å². The Kier molecular flexibility index (Phi) is 5.96. The predicted octanol–water partition coefficient (Wildman–Crippen LogP) is 2.41. The number of urea groups is 1. The summed E-state index contributed by atoms with van der Waals surface area (Å²) in [5.41, 5.74) is 0.796. The van der Waals surface area contributed by atoms with Crippen molar-refractivity contribution in [1.82, 2.24) is 15.5 Å². The highest BCUT2D eigenvalue weighted by molar-refractivity contribution is 5.86. The molecule has 6 heteroatoms. The Bertz CT molecular complexity index is 547. The normalized spacial score (nSPS) is 19.1. The first kappa shape index (κ1) is 17.2. The SMILES string of the molecule is C[C@@H](NC(=O)NCc1ccc(F)cc1)C(=O)N1CCCC[C@@H]1C. The van der Waals surface area contributed by atoms with Gasteiger partial charge in [0.05, 0.1) is 0 Å². The van der Waals surface area contributed by atoms with Crippen molar-refractivity contribution in [3.05, 3.63) is 35.6 Å². The van der Waals surface area contributed by atoms with Crippen LogP contribution in [0, 0.1) is 5.82 Å². The van der Waals surface area contributed by atoms with E-state index in [0.717, 1.165) is 31.4 Å². The second-order valence-corrected chi connectivity index (χ2v) is 6.05. The lowest BCUT2D eigenvalue weighted by molar-refractivity contribution is -0.136. The molecule has 0 bridgehead atoms. The minimum atomic E-state index is -0.566. The molecular formula is C17H24FN3O2. The minimum Gasteiger partial charge on any atom is -0.338 e. The van der Waals surface area contributed by atoms with Gasteiger partial charge in [-0.25, -0.2) is 9.18 Å². The van der Waals surface area contributed by atoms with Crippen LogP contribution in [-0.2, 0) is 11.3 Å². The zero-order valence-corrected chi connectivity index (χ0v) is 13.6. The topological polar surface area (TPSA) is 61.4 Å². The molecule has 0 saturated carbocycles. The number of nitrogens with zero attached hydrogens (tertiary/aromatic N) is 1. The van der Waals surface area contributed by atoms with Crippen LogP contribution >= 0.6 is 0 Å². The molecule has 0 aliphatic carbocycles. The first-order chi connectivity index (χ1) is 11.0. The molecule has 1 fully saturated rings. The second kappa shape index (κ2) is 7.94. The van der Waals surface area contributed by atoms with Gasteiger partial charge >= 0.3 is 6.03 Å². The van der Waals surface area contributed by atoms with Gasteiger partial charge in [-0.2, -0.15) is 0 Å². The fourth-order valence-corrected chi connectivity index (χ4v) is 2.77. The Morgan fingerprint density at radius 3 is 2.65 bits per heavy atom. The van der Waals surface area contributed by atoms with E-state index in [1.165, 1.54) is 12.1 Å². The number of likely N-dealkylation sites (tertiary alicyclic amines) is 1. The monoisotopic (exact) mass is 321 g/mol. The van der Waals surface area contributed by atoms with Crippen molar-refractivity contribution in [1.29, 1.82) is 0 Å². The van der Waals surface area contributed by atoms with Crippen LogP contribution in [0.3, 0.4) is 0 Å². The van der Waals surface area contributed by atoms with Gasteiger partial charge in [0.2, 0.25) is 5.91 Å². The summed E-state index contributed by atoms with van der Waals surface area (Å²) in [6.07, 6.45) is 3.17. The number of halogens is 1. The lowest BCUT2D eigenvalue weighted by Gasteiger charge is -2.35. The van der Waals surface area contributed by atoms with Crippen molar-refractivity contribution in [2.24, 2.45) is 0 Å². The van der Waals surface area contributed by atoms with E-state index in [1.54, 1.807) is 19.1 Å². The molecular weight excluding hydrogens is 297 g/mol. The van der Waals surface area contributed by atoms with Crippen molar-refractivity contribution >= 4 is 11.9 Å². The smallest absolute Gasteiger partial charge is 0.315 e. The van der Waals surface area contributed by atoms with Crippen molar-refractivity contribution in [2.75, 3.05) is 6.54 Å². The highest BCUT2D eigenvalue weighted by atomic mass is 19.1. The molecule has 2 atom stereocenters. The van der Waals surface area contributed by atoms with Gasteiger partial charge in [0, 0.05) is 19.1 Å². The highest BCUT2D eigenvalue weighted by Gasteiger charge is 2.27. The van der Waals surface area contributed by atoms with E-state index >= 15 is 0 Å². The average molecular weight is 321 g/mol. The lowest BCUT2D eigenvalue weighted by Crippen LogP contribution is -2.53. The minimum absolute atomic E-state index is 0.0471. The quantitative estimate of drug-likeness (QED) is 0.894. The molecule has 1 heterocycles. The third kappa shape index (κ3) is 4.94. The molecule has 2 N–H and O–H groups in total. The molecule has 1 aliphatic rings. The summed E-state index contributed by atoms with van der Waals surface area (Å²) in [6.45, 7) is 4.77. The summed E-state index contributed by atoms with van der Waals surface area (Å²) < 4.78 is 12.8. The van der Waals surface area contributed by atoms with E-state index in [1.807, 2.05) is 11.8 Å². The first-order valence-electron chi connectivity index (χ1n) is 8.06. The van der Waals surface area contributed by atoms with Gasteiger partial charge in [0.25, 0.3) is 0 Å². The molecule has 5 nitrogen and oxygen atoms in total. The van der Waals surface area contributed by atoms with E-state index in [4.69, 9.17) is 0 Å². The Morgan fingerprint density at radius 1 is 1.30 bits per heavy atom. The van der Waals surface area contributed by atoms with Crippen molar-refractivity contribution < 1.29 is 14.0 Å². The molecule has 3 amide bonds. The van der Waals surface area contributed by atoms with Gasteiger partial charge in [-0.3, -0.25) is 4.79 Å². The molecule has 1 aromatic rings. The van der Waals surface area contributed by atoms with E-state index in [2.05, 4.69) is 10.6 Å². The number of hydrogen-bond donors (Lipinski definition) is 2. The number of piperidine rings is 1. The summed E-state index contributed by atoms with van der Waals surface area (Å²) in [5, 5.41) is 5.34. The van der Waals surface area contributed by atoms with Crippen LogP contribution in [0.25, 0.3) is 0 Å². The maximum atomic E-state index is 12.8. The Morgan fingerprint density at radius 2 is 2.00 bits per heavy atom. The molecule has 126 valence electrons. The number of carbonyl (C=O) groups excluding carboxylic acids is 2. The molecule has 1 aliphatic heterocycles. The zero-order chi connectivity index (χ0) is 16.8. The molecule has 1 aromatic carbocycles. The number of benzene rings is 1. The summed E-state index contributed by atoms with van der Waals surface area (Å²) >= 11 is 0. The van der Waals surface area contributed by atoms with Crippen molar-refractivity contribution in [3.8, 4) is 0 Å². The molecule has 0 unspecified atom stereocenters. The average Bonchev–Trinajstić information content (AvgIpc) is 2.54. The van der Waals surface area contributed by atoms with Crippen LogP contribution in [0.4, 0.5) is 9.18 Å². The van der Waals surface area contributed by atoms with Gasteiger partial charge in [-0.1, -0.05) is 12.1 Å². The maximum absolute atomic E-state index is 12.8. The van der Waals surface area contributed by atoms with Crippen LogP contribution < -0.4 is 10.6 Å². The second-order valence-electron chi connectivity index (χ2n) is 6.05. The number of amides is 3. The molecule has 0 aromatic heterocycles. The maximum Gasteiger partial charge on any atom is 0.315 e. The molecule has 0 spiro atoms. The van der Waals surface area contributed by atoms with E-state index < -0.39 is 12.1 Å². The van der Waals surface area contributed by atoms with E-state index in [-0.39, 0.29) is 24.3 Å². The molecule has 1 saturated heterocycles. The van der Waals surface area contributed by atoms with E-state index in [9.17, 15) is 14.0 Å². The number of hydrogen-bond acceptors (Lipinski definition) is 2. The van der Waals surface area contributed by atoms with Gasteiger partial charge in [0.15, 0.2) is 0 Å². The van der Waals surface area contributed by atoms with Crippen LogP contribution in [0.15, 0.2) is 24.3 Å². The van der Waals surface area contributed by atoms with Crippen LogP contribution in [0.1, 0.15) is 38.7 Å². The molecule has 0 radical (unpaired) electrons. The predicted molar refractivity (Wildman–Crippen MR) is 86.3 cm³/mol. The first-order valence-corrected chi connectivity index (χ1v) is 8.06. The number of nitrogens with one attached hydrogen (secondary N) is 2. The third-order valence-electron chi connectivity index (χ3n) is 4.17. The fraction of sp³-hybridized carbons (Fsp3) is 0.529. The Balaban J connectivity index is 1.79. The Hall–Kier alpha value is -2.11. The third-order valence-corrected chi connectivity index (χ3v) is 4.17. The van der Waals surface area contributed by atoms with Crippen molar-refractivity contribution in [3.63, 3.8) is 0 Å². The summed E-state index contributed by atoms with van der Waals surface area (Å²) in [6, 6.07) is 5.17. The summed E-state index contributed by atoms with van der Waals surface area (Å²) in [5.74, 6) is -0.359. The zero-order valence-electron chi connectivity index (χ0n) is 13.6. The summed E-state index contributed by atoms with van der Waals surface area (Å²) in [7, 11) is 0. The van der Waals surface area contributed by atoms with Crippen LogP contribution in [0.2, 0.25) is 0 Å². The fourth-order valence-electron chi connectivity index (χ4n) is 2.77. The van der Waals surface area contributed by atoms with Gasteiger partial charge in [-0.05, 0) is 50.8 Å². The molecule has 23 heavy (non-hydrogen) atoms. The Labute approximate surface area is 136 Å². The molecule has 2 rings (SSSR count). The van der Waals surface area contributed by atoms with Crippen LogP contribution in [-0.4, -0.2) is 35.5 Å². The lowest BCUT2D eigenvalue weighted by atomic mass is 10.0. The van der Waals surface area contributed by atoms with Gasteiger partial charge < -0.3 is 15.5 Å². The summed E-state index contributed by atoms with van der Waals surface area (Å²) in [4.78, 5) is 26.1. The largest absolute Gasteiger partial charge is 0.338 e. The van der Waals surface area contributed by atoms with Gasteiger partial charge in [0.1, 0.15) is 11.9 Å². The van der Waals surface area contributed by atoms with E-state index in [0.29, 0.717) is 0 Å². The standard InChI is InChI=1S/C17H24FN3O2/c1-12-5-3-4-10-21(12)16(22)13(2)20-17(23)19-11-14-6-8-15(18)9-7-14/h6-9,12-13H,3-5,10-11H2,1-2H3,(H2,19,20,23)/t12-,13+/m0/s1. The van der Waals surface area contributed by atoms with Crippen molar-refractivity contribution in [2.45, 2.75) is 51.7 Å². The highest BCUT2D eigenvalue weighted by Crippen LogP contribution is 2.17. The number of carbonyl (C=O) groups is 2. The van der Waals surface area contributed by atoms with Crippen LogP contribution in [0.5, 0.6) is 0 Å². The number of rotatable bonds is 4.